The summed E-state index contributed by atoms with van der Waals surface area (Å²) in [5.74, 6) is -0.0332. The number of pyridine rings is 2. The minimum atomic E-state index is -0.290. The van der Waals surface area contributed by atoms with Gasteiger partial charge in [-0.1, -0.05) is 6.07 Å². The molecule has 0 radical (unpaired) electrons. The van der Waals surface area contributed by atoms with Gasteiger partial charge in [-0.3, -0.25) is 14.0 Å². The number of nitrogen functional groups attached to an aromatic ring is 1. The van der Waals surface area contributed by atoms with Gasteiger partial charge < -0.3 is 21.4 Å². The van der Waals surface area contributed by atoms with Crippen LogP contribution in [-0.4, -0.2) is 25.3 Å². The minimum absolute atomic E-state index is 0.0569. The molecule has 0 aliphatic rings. The van der Waals surface area contributed by atoms with Crippen LogP contribution in [0.1, 0.15) is 16.1 Å². The molecule has 0 saturated carbocycles. The predicted octanol–water partition coefficient (Wildman–Crippen LogP) is 4.03. The molecule has 0 bridgehead atoms. The Morgan fingerprint density at radius 3 is 2.91 bits per heavy atom. The minimum Gasteiger partial charge on any atom is -0.382 e. The number of nitrogens with two attached hydrogens (primary N) is 1. The van der Waals surface area contributed by atoms with Crippen LogP contribution in [0.3, 0.4) is 0 Å². The summed E-state index contributed by atoms with van der Waals surface area (Å²) >= 11 is 1.45. The SMILES string of the molecule is Cc1[nH]c2cc(=O)ccn2c1-c1csc(Nc2cccc(C(=O)Nc3cccnc3N)c2)n1. The number of imidazole rings is 1. The third kappa shape index (κ3) is 4.06. The first-order valence-electron chi connectivity index (χ1n) is 10.0. The Hall–Kier alpha value is -4.44. The molecule has 5 N–H and O–H groups in total. The second-order valence-electron chi connectivity index (χ2n) is 7.35. The van der Waals surface area contributed by atoms with Crippen LogP contribution in [0.2, 0.25) is 0 Å². The number of aromatic nitrogens is 4. The number of aryl methyl sites for hydroxylation is 1. The molecule has 164 valence electrons. The second kappa shape index (κ2) is 8.24. The number of fused-ring (bicyclic) bond motifs is 1. The molecule has 5 rings (SSSR count). The fraction of sp³-hybridized carbons (Fsp3) is 0.0435. The van der Waals surface area contributed by atoms with E-state index < -0.39 is 0 Å². The number of thiazole rings is 1. The standard InChI is InChI=1S/C23H19N7O2S/c1-13-20(30-9-7-16(31)11-19(30)26-13)18-12-33-23(29-18)27-15-5-2-4-14(10-15)22(32)28-17-6-3-8-25-21(17)24/h2-12,26H,1H3,(H2,24,25)(H,27,29)(H,28,32). The lowest BCUT2D eigenvalue weighted by atomic mass is 10.2. The third-order valence-corrected chi connectivity index (χ3v) is 5.81. The molecule has 1 aromatic carbocycles. The van der Waals surface area contributed by atoms with E-state index in [4.69, 9.17) is 10.7 Å². The second-order valence-corrected chi connectivity index (χ2v) is 8.21. The lowest BCUT2D eigenvalue weighted by Gasteiger charge is -2.09. The lowest BCUT2D eigenvalue weighted by Crippen LogP contribution is -2.13. The van der Waals surface area contributed by atoms with Crippen molar-refractivity contribution in [2.45, 2.75) is 6.92 Å². The molecular weight excluding hydrogens is 438 g/mol. The van der Waals surface area contributed by atoms with Crippen LogP contribution in [-0.2, 0) is 0 Å². The van der Waals surface area contributed by atoms with Crippen LogP contribution in [0.4, 0.5) is 22.3 Å². The highest BCUT2D eigenvalue weighted by atomic mass is 32.1. The summed E-state index contributed by atoms with van der Waals surface area (Å²) in [4.78, 5) is 36.2. The largest absolute Gasteiger partial charge is 0.382 e. The van der Waals surface area contributed by atoms with Crippen molar-refractivity contribution >= 4 is 45.2 Å². The van der Waals surface area contributed by atoms with Gasteiger partial charge in [0.15, 0.2) is 10.6 Å². The highest BCUT2D eigenvalue weighted by Crippen LogP contribution is 2.30. The molecule has 4 heterocycles. The molecule has 5 aromatic rings. The van der Waals surface area contributed by atoms with Crippen molar-refractivity contribution in [1.82, 2.24) is 19.4 Å². The number of nitrogens with zero attached hydrogens (tertiary/aromatic N) is 3. The number of hydrogen-bond donors (Lipinski definition) is 4. The fourth-order valence-corrected chi connectivity index (χ4v) is 4.25. The molecule has 1 amide bonds. The number of amides is 1. The van der Waals surface area contributed by atoms with E-state index in [1.165, 1.54) is 17.4 Å². The van der Waals surface area contributed by atoms with Crippen LogP contribution in [0.5, 0.6) is 0 Å². The zero-order valence-corrected chi connectivity index (χ0v) is 18.3. The molecule has 4 aromatic heterocycles. The van der Waals surface area contributed by atoms with E-state index in [2.05, 4.69) is 20.6 Å². The molecule has 9 nitrogen and oxygen atoms in total. The van der Waals surface area contributed by atoms with Gasteiger partial charge in [0.2, 0.25) is 0 Å². The summed E-state index contributed by atoms with van der Waals surface area (Å²) in [7, 11) is 0. The smallest absolute Gasteiger partial charge is 0.255 e. The van der Waals surface area contributed by atoms with Crippen molar-refractivity contribution in [2.24, 2.45) is 0 Å². The Morgan fingerprint density at radius 1 is 1.18 bits per heavy atom. The Labute approximate surface area is 192 Å². The first kappa shape index (κ1) is 20.5. The maximum absolute atomic E-state index is 12.7. The molecular formula is C23H19N7O2S. The van der Waals surface area contributed by atoms with Gasteiger partial charge in [0, 0.05) is 46.9 Å². The van der Waals surface area contributed by atoms with E-state index in [0.29, 0.717) is 22.0 Å². The summed E-state index contributed by atoms with van der Waals surface area (Å²) < 4.78 is 1.91. The van der Waals surface area contributed by atoms with Crippen molar-refractivity contribution in [3.63, 3.8) is 0 Å². The number of carbonyl (C=O) groups excluding carboxylic acids is 1. The van der Waals surface area contributed by atoms with Crippen LogP contribution in [0.15, 0.2) is 71.1 Å². The number of benzene rings is 1. The van der Waals surface area contributed by atoms with E-state index in [-0.39, 0.29) is 17.2 Å². The molecule has 0 atom stereocenters. The quantitative estimate of drug-likeness (QED) is 0.315. The monoisotopic (exact) mass is 457 g/mol. The maximum atomic E-state index is 12.7. The van der Waals surface area contributed by atoms with Gasteiger partial charge in [0.05, 0.1) is 11.4 Å². The molecule has 0 aliphatic carbocycles. The highest BCUT2D eigenvalue weighted by molar-refractivity contribution is 7.14. The van der Waals surface area contributed by atoms with Crippen LogP contribution < -0.4 is 21.8 Å². The zero-order chi connectivity index (χ0) is 22.9. The van der Waals surface area contributed by atoms with Gasteiger partial charge in [-0.2, -0.15) is 0 Å². The number of aromatic amines is 1. The van der Waals surface area contributed by atoms with Gasteiger partial charge in [-0.25, -0.2) is 9.97 Å². The number of nitrogens with one attached hydrogen (secondary N) is 3. The van der Waals surface area contributed by atoms with Gasteiger partial charge in [-0.05, 0) is 37.3 Å². The summed E-state index contributed by atoms with van der Waals surface area (Å²) in [5, 5.41) is 8.64. The average molecular weight is 458 g/mol. The molecule has 0 unspecified atom stereocenters. The van der Waals surface area contributed by atoms with Crippen molar-refractivity contribution in [2.75, 3.05) is 16.4 Å². The van der Waals surface area contributed by atoms with E-state index >= 15 is 0 Å². The number of H-pyrrole nitrogens is 1. The Balaban J connectivity index is 1.37. The van der Waals surface area contributed by atoms with Gasteiger partial charge in [0.1, 0.15) is 17.2 Å². The molecule has 0 aliphatic heterocycles. The van der Waals surface area contributed by atoms with E-state index in [0.717, 1.165) is 22.8 Å². The van der Waals surface area contributed by atoms with Crippen LogP contribution >= 0.6 is 11.3 Å². The van der Waals surface area contributed by atoms with Crippen LogP contribution in [0.25, 0.3) is 17.0 Å². The summed E-state index contributed by atoms with van der Waals surface area (Å²) in [5.41, 5.74) is 10.7. The number of carbonyl (C=O) groups is 1. The highest BCUT2D eigenvalue weighted by Gasteiger charge is 2.14. The first-order valence-corrected chi connectivity index (χ1v) is 10.9. The topological polar surface area (TPSA) is 130 Å². The first-order chi connectivity index (χ1) is 16.0. The fourth-order valence-electron chi connectivity index (χ4n) is 3.54. The van der Waals surface area contributed by atoms with Crippen LogP contribution in [0, 0.1) is 6.92 Å². The number of hydrogen-bond acceptors (Lipinski definition) is 7. The van der Waals surface area contributed by atoms with E-state index in [1.807, 2.05) is 22.8 Å². The van der Waals surface area contributed by atoms with Gasteiger partial charge >= 0.3 is 0 Å². The summed E-state index contributed by atoms with van der Waals surface area (Å²) in [6.07, 6.45) is 3.30. The van der Waals surface area contributed by atoms with Crippen molar-refractivity contribution in [3.8, 4) is 11.4 Å². The number of rotatable bonds is 5. The van der Waals surface area contributed by atoms with E-state index in [1.54, 1.807) is 48.8 Å². The third-order valence-electron chi connectivity index (χ3n) is 5.05. The van der Waals surface area contributed by atoms with E-state index in [9.17, 15) is 9.59 Å². The van der Waals surface area contributed by atoms with Gasteiger partial charge in [0.25, 0.3) is 5.91 Å². The Bertz CT molecular complexity index is 1550. The molecule has 0 spiro atoms. The van der Waals surface area contributed by atoms with Crippen molar-refractivity contribution < 1.29 is 4.79 Å². The Kier molecular flexibility index (Phi) is 5.11. The van der Waals surface area contributed by atoms with Gasteiger partial charge in [-0.15, -0.1) is 11.3 Å². The lowest BCUT2D eigenvalue weighted by molar-refractivity contribution is 0.102. The molecule has 10 heteroatoms. The zero-order valence-electron chi connectivity index (χ0n) is 17.5. The average Bonchev–Trinajstić information content (AvgIpc) is 3.38. The maximum Gasteiger partial charge on any atom is 0.255 e. The molecule has 33 heavy (non-hydrogen) atoms. The predicted molar refractivity (Wildman–Crippen MR) is 130 cm³/mol. The number of anilines is 4. The molecule has 0 fully saturated rings. The Morgan fingerprint density at radius 2 is 2.06 bits per heavy atom. The summed E-state index contributed by atoms with van der Waals surface area (Å²) in [6, 6.07) is 13.6. The summed E-state index contributed by atoms with van der Waals surface area (Å²) in [6.45, 7) is 1.94. The van der Waals surface area contributed by atoms with Crippen molar-refractivity contribution in [1.29, 1.82) is 0 Å². The van der Waals surface area contributed by atoms with Crippen molar-refractivity contribution in [3.05, 3.63) is 87.8 Å². The normalized spacial score (nSPS) is 10.9. The molecule has 0 saturated heterocycles.